The lowest BCUT2D eigenvalue weighted by Crippen LogP contribution is -2.42. The maximum atomic E-state index is 12.9. The van der Waals surface area contributed by atoms with Crippen molar-refractivity contribution in [2.24, 2.45) is 5.92 Å². The van der Waals surface area contributed by atoms with Crippen LogP contribution in [0.5, 0.6) is 0 Å². The number of pyridine rings is 1. The SMILES string of the molecule is O=C1CC(C(=O)N2CCc3c(nc[nH]c3=O)C2)CN1Cc1ccccn1. The van der Waals surface area contributed by atoms with Gasteiger partial charge < -0.3 is 14.8 Å². The van der Waals surface area contributed by atoms with E-state index >= 15 is 0 Å². The summed E-state index contributed by atoms with van der Waals surface area (Å²) in [5.74, 6) is -0.426. The molecule has 1 atom stereocenters. The van der Waals surface area contributed by atoms with Gasteiger partial charge in [-0.05, 0) is 18.6 Å². The molecule has 1 N–H and O–H groups in total. The summed E-state index contributed by atoms with van der Waals surface area (Å²) in [4.78, 5) is 51.3. The number of carbonyl (C=O) groups is 2. The zero-order valence-electron chi connectivity index (χ0n) is 14.2. The van der Waals surface area contributed by atoms with E-state index < -0.39 is 0 Å². The Morgan fingerprint density at radius 1 is 1.27 bits per heavy atom. The first-order chi connectivity index (χ1) is 12.6. The summed E-state index contributed by atoms with van der Waals surface area (Å²) in [5.41, 5.74) is 1.96. The number of nitrogens with one attached hydrogen (secondary N) is 1. The van der Waals surface area contributed by atoms with E-state index in [-0.39, 0.29) is 29.7 Å². The molecule has 2 aliphatic rings. The maximum absolute atomic E-state index is 12.9. The van der Waals surface area contributed by atoms with Crippen LogP contribution in [-0.4, -0.2) is 49.7 Å². The molecule has 8 heteroatoms. The number of nitrogens with zero attached hydrogens (tertiary/aromatic N) is 4. The summed E-state index contributed by atoms with van der Waals surface area (Å²) in [6.07, 6.45) is 3.77. The molecule has 8 nitrogen and oxygen atoms in total. The lowest BCUT2D eigenvalue weighted by molar-refractivity contribution is -0.136. The fourth-order valence-corrected chi connectivity index (χ4v) is 3.59. The molecule has 2 aromatic rings. The summed E-state index contributed by atoms with van der Waals surface area (Å²) in [6, 6.07) is 5.58. The van der Waals surface area contributed by atoms with E-state index in [9.17, 15) is 14.4 Å². The van der Waals surface area contributed by atoms with Crippen LogP contribution in [0.15, 0.2) is 35.5 Å². The van der Waals surface area contributed by atoms with Crippen molar-refractivity contribution < 1.29 is 9.59 Å². The Kier molecular flexibility index (Phi) is 4.24. The molecule has 0 saturated carbocycles. The summed E-state index contributed by atoms with van der Waals surface area (Å²) in [6.45, 7) is 1.62. The maximum Gasteiger partial charge on any atom is 0.254 e. The van der Waals surface area contributed by atoms with Crippen molar-refractivity contribution in [3.8, 4) is 0 Å². The standard InChI is InChI=1S/C18H19N5O3/c24-16-7-12(8-23(16)9-13-3-1-2-5-19-13)18(26)22-6-4-14-15(10-22)20-11-21-17(14)25/h1-3,5,11-12H,4,6-10H2,(H,20,21,25). The van der Waals surface area contributed by atoms with Gasteiger partial charge in [0.1, 0.15) is 0 Å². The first kappa shape index (κ1) is 16.4. The molecule has 1 unspecified atom stereocenters. The Labute approximate surface area is 149 Å². The quantitative estimate of drug-likeness (QED) is 0.844. The van der Waals surface area contributed by atoms with Gasteiger partial charge in [0, 0.05) is 31.3 Å². The molecule has 0 spiro atoms. The van der Waals surface area contributed by atoms with Crippen LogP contribution < -0.4 is 5.56 Å². The van der Waals surface area contributed by atoms with Crippen LogP contribution in [0.3, 0.4) is 0 Å². The monoisotopic (exact) mass is 353 g/mol. The highest BCUT2D eigenvalue weighted by Gasteiger charge is 2.37. The van der Waals surface area contributed by atoms with E-state index in [0.717, 1.165) is 5.69 Å². The highest BCUT2D eigenvalue weighted by atomic mass is 16.2. The van der Waals surface area contributed by atoms with Crippen molar-refractivity contribution in [1.29, 1.82) is 0 Å². The molecule has 134 valence electrons. The predicted molar refractivity (Wildman–Crippen MR) is 91.7 cm³/mol. The van der Waals surface area contributed by atoms with E-state index in [1.54, 1.807) is 16.0 Å². The largest absolute Gasteiger partial charge is 0.336 e. The molecule has 0 radical (unpaired) electrons. The van der Waals surface area contributed by atoms with Gasteiger partial charge in [-0.25, -0.2) is 4.98 Å². The smallest absolute Gasteiger partial charge is 0.254 e. The van der Waals surface area contributed by atoms with Crippen LogP contribution in [0.1, 0.15) is 23.4 Å². The highest BCUT2D eigenvalue weighted by molar-refractivity contribution is 5.89. The molecule has 0 bridgehead atoms. The Morgan fingerprint density at radius 3 is 2.96 bits per heavy atom. The van der Waals surface area contributed by atoms with Gasteiger partial charge in [0.15, 0.2) is 0 Å². The second-order valence-corrected chi connectivity index (χ2v) is 6.66. The number of H-pyrrole nitrogens is 1. The molecule has 4 rings (SSSR count). The van der Waals surface area contributed by atoms with Crippen molar-refractivity contribution >= 4 is 11.8 Å². The number of rotatable bonds is 3. The molecule has 1 fully saturated rings. The topological polar surface area (TPSA) is 99.3 Å². The highest BCUT2D eigenvalue weighted by Crippen LogP contribution is 2.24. The summed E-state index contributed by atoms with van der Waals surface area (Å²) >= 11 is 0. The van der Waals surface area contributed by atoms with Gasteiger partial charge in [-0.2, -0.15) is 0 Å². The first-order valence-electron chi connectivity index (χ1n) is 8.63. The van der Waals surface area contributed by atoms with Gasteiger partial charge in [-0.1, -0.05) is 6.07 Å². The van der Waals surface area contributed by atoms with E-state index in [2.05, 4.69) is 15.0 Å². The Balaban J connectivity index is 1.43. The Morgan fingerprint density at radius 2 is 2.15 bits per heavy atom. The second-order valence-electron chi connectivity index (χ2n) is 6.66. The van der Waals surface area contributed by atoms with Crippen molar-refractivity contribution in [2.75, 3.05) is 13.1 Å². The third-order valence-corrected chi connectivity index (χ3v) is 4.97. The van der Waals surface area contributed by atoms with Crippen molar-refractivity contribution in [3.05, 3.63) is 58.0 Å². The van der Waals surface area contributed by atoms with Crippen molar-refractivity contribution in [3.63, 3.8) is 0 Å². The number of hydrogen-bond donors (Lipinski definition) is 1. The third-order valence-electron chi connectivity index (χ3n) is 4.97. The fraction of sp³-hybridized carbons (Fsp3) is 0.389. The van der Waals surface area contributed by atoms with Crippen LogP contribution in [0, 0.1) is 5.92 Å². The minimum absolute atomic E-state index is 0.0269. The van der Waals surface area contributed by atoms with Crippen LogP contribution in [0.25, 0.3) is 0 Å². The lowest BCUT2D eigenvalue weighted by Gasteiger charge is -2.29. The summed E-state index contributed by atoms with van der Waals surface area (Å²) < 4.78 is 0. The zero-order chi connectivity index (χ0) is 18.1. The number of hydrogen-bond acceptors (Lipinski definition) is 5. The summed E-state index contributed by atoms with van der Waals surface area (Å²) in [5, 5.41) is 0. The number of aromatic nitrogens is 3. The molecular weight excluding hydrogens is 334 g/mol. The normalized spacial score (nSPS) is 19.5. The Hall–Kier alpha value is -3.03. The van der Waals surface area contributed by atoms with Crippen LogP contribution in [-0.2, 0) is 29.1 Å². The van der Waals surface area contributed by atoms with E-state index in [0.29, 0.717) is 43.9 Å². The predicted octanol–water partition coefficient (Wildman–Crippen LogP) is 0.0983. The van der Waals surface area contributed by atoms with Gasteiger partial charge >= 0.3 is 0 Å². The molecule has 2 aromatic heterocycles. The van der Waals surface area contributed by atoms with E-state index in [1.807, 2.05) is 18.2 Å². The van der Waals surface area contributed by atoms with Gasteiger partial charge in [-0.3, -0.25) is 19.4 Å². The average Bonchev–Trinajstić information content (AvgIpc) is 3.02. The van der Waals surface area contributed by atoms with Gasteiger partial charge in [0.05, 0.1) is 36.7 Å². The molecule has 26 heavy (non-hydrogen) atoms. The van der Waals surface area contributed by atoms with Crippen LogP contribution in [0.4, 0.5) is 0 Å². The van der Waals surface area contributed by atoms with Crippen molar-refractivity contribution in [1.82, 2.24) is 24.8 Å². The Bertz CT molecular complexity index is 895. The third kappa shape index (κ3) is 3.10. The first-order valence-corrected chi connectivity index (χ1v) is 8.63. The lowest BCUT2D eigenvalue weighted by atomic mass is 10.0. The van der Waals surface area contributed by atoms with Gasteiger partial charge in [0.25, 0.3) is 5.56 Å². The molecule has 2 aliphatic heterocycles. The number of aromatic amines is 1. The number of carbonyl (C=O) groups excluding carboxylic acids is 2. The van der Waals surface area contributed by atoms with Gasteiger partial charge in [0.2, 0.25) is 11.8 Å². The minimum Gasteiger partial charge on any atom is -0.336 e. The van der Waals surface area contributed by atoms with E-state index in [1.165, 1.54) is 6.33 Å². The van der Waals surface area contributed by atoms with Crippen LogP contribution in [0.2, 0.25) is 0 Å². The number of amides is 2. The second kappa shape index (κ2) is 6.70. The zero-order valence-corrected chi connectivity index (χ0v) is 14.2. The molecule has 0 aromatic carbocycles. The van der Waals surface area contributed by atoms with Gasteiger partial charge in [-0.15, -0.1) is 0 Å². The van der Waals surface area contributed by atoms with E-state index in [4.69, 9.17) is 0 Å². The number of likely N-dealkylation sites (tertiary alicyclic amines) is 1. The molecule has 2 amide bonds. The molecular formula is C18H19N5O3. The molecule has 0 aliphatic carbocycles. The fourth-order valence-electron chi connectivity index (χ4n) is 3.59. The van der Waals surface area contributed by atoms with Crippen LogP contribution >= 0.6 is 0 Å². The average molecular weight is 353 g/mol. The summed E-state index contributed by atoms with van der Waals surface area (Å²) in [7, 11) is 0. The minimum atomic E-state index is -0.352. The molecule has 4 heterocycles. The van der Waals surface area contributed by atoms with Crippen molar-refractivity contribution in [2.45, 2.75) is 25.9 Å². The molecule has 1 saturated heterocycles. The number of fused-ring (bicyclic) bond motifs is 1.